The molecule has 10 rings (SSSR count). The molecule has 12 nitrogen and oxygen atoms in total. The number of benzene rings is 4. The molecule has 0 bridgehead atoms. The number of aryl methyl sites for hydroxylation is 1. The number of fused-ring (bicyclic) bond motifs is 4. The first kappa shape index (κ1) is 42.2. The van der Waals surface area contributed by atoms with Crippen LogP contribution in [0.5, 0.6) is 0 Å². The number of aromatic nitrogens is 2. The van der Waals surface area contributed by atoms with E-state index < -0.39 is 40.4 Å². The maximum atomic E-state index is 16.3. The number of hydrogen-bond acceptors (Lipinski definition) is 6. The Bertz CT molecular complexity index is 2840. The number of imide groups is 1. The van der Waals surface area contributed by atoms with E-state index in [9.17, 15) is 28.8 Å². The van der Waals surface area contributed by atoms with Gasteiger partial charge in [0.1, 0.15) is 11.9 Å². The number of piperidine rings is 2. The summed E-state index contributed by atoms with van der Waals surface area (Å²) in [5.74, 6) is -3.70. The number of carbonyl (C=O) groups excluding carboxylic acids is 5. The van der Waals surface area contributed by atoms with Crippen LogP contribution in [0, 0.1) is 17.2 Å². The first-order chi connectivity index (χ1) is 30.8. The summed E-state index contributed by atoms with van der Waals surface area (Å²) in [4.78, 5) is 82.8. The second kappa shape index (κ2) is 16.0. The molecule has 4 atom stereocenters. The minimum Gasteiger partial charge on any atom is -0.339 e. The van der Waals surface area contributed by atoms with Crippen molar-refractivity contribution in [3.63, 3.8) is 0 Å². The van der Waals surface area contributed by atoms with E-state index in [1.807, 2.05) is 29.2 Å². The van der Waals surface area contributed by atoms with Gasteiger partial charge in [-0.25, -0.2) is 9.18 Å². The predicted octanol–water partition coefficient (Wildman–Crippen LogP) is 8.37. The van der Waals surface area contributed by atoms with Gasteiger partial charge < -0.3 is 15.5 Å². The quantitative estimate of drug-likeness (QED) is 0.146. The highest BCUT2D eigenvalue weighted by Gasteiger charge is 2.72. The fourth-order valence-electron chi connectivity index (χ4n) is 12.1. The van der Waals surface area contributed by atoms with Crippen molar-refractivity contribution in [1.82, 2.24) is 19.4 Å². The van der Waals surface area contributed by atoms with Crippen LogP contribution in [0.15, 0.2) is 83.7 Å². The van der Waals surface area contributed by atoms with Crippen molar-refractivity contribution in [3.8, 4) is 0 Å². The van der Waals surface area contributed by atoms with Gasteiger partial charge in [-0.05, 0) is 121 Å². The van der Waals surface area contributed by atoms with Gasteiger partial charge in [-0.1, -0.05) is 66.7 Å². The minimum atomic E-state index is -1.25. The van der Waals surface area contributed by atoms with E-state index in [1.54, 1.807) is 55.6 Å². The minimum absolute atomic E-state index is 0.0792. The summed E-state index contributed by atoms with van der Waals surface area (Å²) in [7, 11) is 1.68. The highest BCUT2D eigenvalue weighted by molar-refractivity contribution is 6.31. The van der Waals surface area contributed by atoms with Crippen LogP contribution in [0.1, 0.15) is 109 Å². The molecule has 64 heavy (non-hydrogen) atoms. The largest absolute Gasteiger partial charge is 0.339 e. The van der Waals surface area contributed by atoms with E-state index in [0.29, 0.717) is 78.2 Å². The summed E-state index contributed by atoms with van der Waals surface area (Å²) in [5, 5.41) is 8.89. The molecule has 0 radical (unpaired) electrons. The molecule has 2 saturated heterocycles. The van der Waals surface area contributed by atoms with Crippen LogP contribution in [-0.4, -0.2) is 56.7 Å². The molecule has 5 aliphatic rings. The van der Waals surface area contributed by atoms with Crippen molar-refractivity contribution in [1.29, 1.82) is 0 Å². The van der Waals surface area contributed by atoms with Gasteiger partial charge in [-0.3, -0.25) is 38.4 Å². The van der Waals surface area contributed by atoms with Crippen LogP contribution < -0.4 is 21.6 Å². The molecule has 2 aliphatic carbocycles. The molecule has 4 heterocycles. The molecule has 2 saturated carbocycles. The molecule has 2 spiro atoms. The lowest BCUT2D eigenvalue weighted by atomic mass is 9.53. The summed E-state index contributed by atoms with van der Waals surface area (Å²) < 4.78 is 19.3. The maximum Gasteiger partial charge on any atom is 0.329 e. The average molecular weight is 906 g/mol. The molecular weight excluding hydrogens is 858 g/mol. The molecule has 3 aliphatic heterocycles. The fourth-order valence-corrected chi connectivity index (χ4v) is 12.5. The van der Waals surface area contributed by atoms with Crippen LogP contribution in [0.3, 0.4) is 0 Å². The Hall–Kier alpha value is -5.79. The number of likely N-dealkylation sites (tertiary alicyclic amines) is 1. The van der Waals surface area contributed by atoms with E-state index in [4.69, 9.17) is 23.2 Å². The van der Waals surface area contributed by atoms with Crippen molar-refractivity contribution in [2.75, 3.05) is 23.7 Å². The Balaban J connectivity index is 0.862. The number of halogens is 3. The molecule has 15 heteroatoms. The number of nitrogens with zero attached hydrogens (tertiary/aromatic N) is 3. The number of rotatable bonds is 6. The molecular formula is C49H47Cl2FN6O6. The molecule has 4 fully saturated rings. The van der Waals surface area contributed by atoms with Crippen molar-refractivity contribution in [2.45, 2.75) is 87.5 Å². The van der Waals surface area contributed by atoms with Gasteiger partial charge in [0, 0.05) is 60.4 Å². The smallest absolute Gasteiger partial charge is 0.329 e. The Morgan fingerprint density at radius 3 is 2.33 bits per heavy atom. The lowest BCUT2D eigenvalue weighted by Gasteiger charge is -2.47. The number of anilines is 2. The van der Waals surface area contributed by atoms with Gasteiger partial charge in [-0.15, -0.1) is 0 Å². The van der Waals surface area contributed by atoms with Crippen LogP contribution >= 0.6 is 23.2 Å². The third-order valence-electron chi connectivity index (χ3n) is 15.1. The number of carbonyl (C=O) groups is 5. The molecule has 5 amide bonds. The highest BCUT2D eigenvalue weighted by atomic mass is 35.5. The van der Waals surface area contributed by atoms with E-state index in [1.165, 1.54) is 15.2 Å². The summed E-state index contributed by atoms with van der Waals surface area (Å²) in [6.07, 6.45) is 6.40. The first-order valence-corrected chi connectivity index (χ1v) is 22.9. The lowest BCUT2D eigenvalue weighted by Crippen LogP contribution is -2.51. The normalized spacial score (nSPS) is 24.3. The van der Waals surface area contributed by atoms with Gasteiger partial charge in [0.15, 0.2) is 0 Å². The average Bonchev–Trinajstić information content (AvgIpc) is 3.84. The SMILES string of the molecule is Cn1c(=O)n(C2CCC(=O)NC2=O)c2ccc(C3CCN(C(=O)c4ccc(NC(=O)[C@@H]5CC6(CCCCC6)[C@@]6(C(=O)Nc7cc(Cl)ccc76)[C@H]5c5cccc(Cl)c5F)cc4)CC3)cc21. The Morgan fingerprint density at radius 1 is 0.844 bits per heavy atom. The van der Waals surface area contributed by atoms with E-state index in [-0.39, 0.29) is 58.7 Å². The molecule has 4 aromatic carbocycles. The monoisotopic (exact) mass is 904 g/mol. The van der Waals surface area contributed by atoms with Gasteiger partial charge >= 0.3 is 5.69 Å². The third-order valence-corrected chi connectivity index (χ3v) is 15.6. The van der Waals surface area contributed by atoms with Crippen molar-refractivity contribution in [3.05, 3.63) is 127 Å². The summed E-state index contributed by atoms with van der Waals surface area (Å²) in [6, 6.07) is 22.0. The second-order valence-electron chi connectivity index (χ2n) is 18.3. The first-order valence-electron chi connectivity index (χ1n) is 22.1. The summed E-state index contributed by atoms with van der Waals surface area (Å²) >= 11 is 12.8. The third kappa shape index (κ3) is 6.59. The number of amides is 5. The van der Waals surface area contributed by atoms with Crippen molar-refractivity contribution in [2.24, 2.45) is 18.4 Å². The number of imidazole rings is 1. The molecule has 3 N–H and O–H groups in total. The number of nitrogens with one attached hydrogen (secondary N) is 3. The number of hydrogen-bond donors (Lipinski definition) is 3. The zero-order valence-electron chi connectivity index (χ0n) is 35.2. The van der Waals surface area contributed by atoms with Crippen molar-refractivity contribution >= 4 is 75.1 Å². The predicted molar refractivity (Wildman–Crippen MR) is 241 cm³/mol. The Morgan fingerprint density at radius 2 is 1.59 bits per heavy atom. The second-order valence-corrected chi connectivity index (χ2v) is 19.1. The van der Waals surface area contributed by atoms with Crippen LogP contribution in [0.4, 0.5) is 15.8 Å². The van der Waals surface area contributed by atoms with Crippen LogP contribution in [-0.2, 0) is 31.6 Å². The lowest BCUT2D eigenvalue weighted by molar-refractivity contribution is -0.136. The van der Waals surface area contributed by atoms with E-state index in [2.05, 4.69) is 16.0 Å². The Kier molecular flexibility index (Phi) is 10.6. The fraction of sp³-hybridized carbons (Fsp3) is 0.388. The molecule has 5 aromatic rings. The highest BCUT2D eigenvalue weighted by Crippen LogP contribution is 2.71. The molecule has 1 aromatic heterocycles. The summed E-state index contributed by atoms with van der Waals surface area (Å²) in [5.41, 5.74) is 2.65. The maximum absolute atomic E-state index is 16.3. The van der Waals surface area contributed by atoms with E-state index >= 15 is 4.39 Å². The van der Waals surface area contributed by atoms with Gasteiger partial charge in [0.2, 0.25) is 23.6 Å². The van der Waals surface area contributed by atoms with E-state index in [0.717, 1.165) is 30.4 Å². The Labute approximate surface area is 378 Å². The zero-order valence-corrected chi connectivity index (χ0v) is 36.7. The van der Waals surface area contributed by atoms with Gasteiger partial charge in [0.25, 0.3) is 5.91 Å². The molecule has 1 unspecified atom stereocenters. The standard InChI is InChI=1S/C49H47Cl2FN6O6/c1-56-39-24-29(10-15-37(39)58(47(56)64)38-16-17-40(59)55-44(38)61)27-18-22-57(23-19-27)45(62)28-8-12-31(13-9-28)53-43(60)33-26-48(20-3-2-4-21-48)49(41(33)32-6-5-7-35(51)42(32)52)34-14-11-30(50)25-36(34)54-46(49)63/h5-15,24-25,27,33,38,41H,2-4,16-23,26H2,1H3,(H,53,60)(H,54,63)(H,55,59,61)/t33-,38?,41+,49-/m1/s1. The zero-order chi connectivity index (χ0) is 44.7. The summed E-state index contributed by atoms with van der Waals surface area (Å²) in [6.45, 7) is 1.04. The van der Waals surface area contributed by atoms with Crippen LogP contribution in [0.2, 0.25) is 10.0 Å². The van der Waals surface area contributed by atoms with Gasteiger partial charge in [0.05, 0.1) is 21.5 Å². The van der Waals surface area contributed by atoms with Crippen molar-refractivity contribution < 1.29 is 28.4 Å². The van der Waals surface area contributed by atoms with Crippen LogP contribution in [0.25, 0.3) is 11.0 Å². The topological polar surface area (TPSA) is 152 Å². The van der Waals surface area contributed by atoms with Gasteiger partial charge in [-0.2, -0.15) is 0 Å². The molecule has 330 valence electrons.